The second-order valence-electron chi connectivity index (χ2n) is 5.22. The summed E-state index contributed by atoms with van der Waals surface area (Å²) >= 11 is 0. The van der Waals surface area contributed by atoms with Crippen molar-refractivity contribution in [2.45, 2.75) is 12.8 Å². The van der Waals surface area contributed by atoms with Gasteiger partial charge in [0.15, 0.2) is 0 Å². The number of unbranched alkanes of at least 4 members (excludes halogenated alkanes) is 1. The van der Waals surface area contributed by atoms with Crippen LogP contribution in [-0.2, 0) is 0 Å². The van der Waals surface area contributed by atoms with Crippen molar-refractivity contribution in [1.82, 2.24) is 0 Å². The molecule has 1 aromatic rings. The Morgan fingerprint density at radius 3 is 2.47 bits per heavy atom. The Balaban J connectivity index is 2.52. The lowest BCUT2D eigenvalue weighted by atomic mass is 10.1. The number of hydrogen-bond donors (Lipinski definition) is 0. The van der Waals surface area contributed by atoms with E-state index in [1.54, 1.807) is 0 Å². The lowest BCUT2D eigenvalue weighted by molar-refractivity contribution is -0.883. The van der Waals surface area contributed by atoms with Crippen LogP contribution in [0.1, 0.15) is 18.4 Å². The van der Waals surface area contributed by atoms with Crippen molar-refractivity contribution in [2.75, 3.05) is 27.2 Å². The number of benzene rings is 1. The maximum atomic E-state index is 4.20. The predicted octanol–water partition coefficient (Wildman–Crippen LogP) is 3.74. The molecule has 0 heterocycles. The van der Waals surface area contributed by atoms with Gasteiger partial charge in [0, 0.05) is 5.57 Å². The van der Waals surface area contributed by atoms with Crippen LogP contribution in [0, 0.1) is 0 Å². The standard InChI is InChI=1S/C16H24N/c1-5-6-10-13-17(3,4)14-15(2)16-11-8-7-9-12-16/h5,7-9,11-12H,1-2,6,10,13-14H2,3-4H3/q+1. The highest BCUT2D eigenvalue weighted by molar-refractivity contribution is 5.63. The van der Waals surface area contributed by atoms with Crippen molar-refractivity contribution in [3.05, 3.63) is 55.1 Å². The van der Waals surface area contributed by atoms with Crippen LogP contribution in [0.25, 0.3) is 5.57 Å². The minimum absolute atomic E-state index is 0.988. The Hall–Kier alpha value is -1.34. The molecule has 0 amide bonds. The summed E-state index contributed by atoms with van der Waals surface area (Å²) in [5, 5.41) is 0. The molecule has 0 aliphatic heterocycles. The number of likely N-dealkylation sites (N-methyl/N-ethyl adjacent to an activating group) is 1. The van der Waals surface area contributed by atoms with Gasteiger partial charge < -0.3 is 4.48 Å². The Bertz CT molecular complexity index is 362. The topological polar surface area (TPSA) is 0 Å². The van der Waals surface area contributed by atoms with Crippen molar-refractivity contribution >= 4 is 5.57 Å². The molecule has 0 atom stereocenters. The predicted molar refractivity (Wildman–Crippen MR) is 76.7 cm³/mol. The Kier molecular flexibility index (Phi) is 5.17. The van der Waals surface area contributed by atoms with Gasteiger partial charge in [-0.25, -0.2) is 0 Å². The van der Waals surface area contributed by atoms with Crippen LogP contribution < -0.4 is 0 Å². The molecule has 1 heteroatoms. The maximum absolute atomic E-state index is 4.20. The Morgan fingerprint density at radius 2 is 1.88 bits per heavy atom. The van der Waals surface area contributed by atoms with Gasteiger partial charge in [0.2, 0.25) is 0 Å². The van der Waals surface area contributed by atoms with Crippen molar-refractivity contribution in [2.24, 2.45) is 0 Å². The number of allylic oxidation sites excluding steroid dienone is 1. The zero-order valence-electron chi connectivity index (χ0n) is 11.2. The van der Waals surface area contributed by atoms with Crippen LogP contribution in [-0.4, -0.2) is 31.7 Å². The molecule has 92 valence electrons. The van der Waals surface area contributed by atoms with Crippen molar-refractivity contribution in [3.63, 3.8) is 0 Å². The Labute approximate surface area is 106 Å². The molecule has 0 bridgehead atoms. The molecule has 0 aliphatic rings. The minimum atomic E-state index is 0.988. The number of nitrogens with zero attached hydrogens (tertiary/aromatic N) is 1. The maximum Gasteiger partial charge on any atom is 0.104 e. The van der Waals surface area contributed by atoms with E-state index in [4.69, 9.17) is 0 Å². The summed E-state index contributed by atoms with van der Waals surface area (Å²) in [4.78, 5) is 0. The lowest BCUT2D eigenvalue weighted by Gasteiger charge is -2.30. The molecular formula is C16H24N+. The summed E-state index contributed by atoms with van der Waals surface area (Å²) < 4.78 is 0.988. The summed E-state index contributed by atoms with van der Waals surface area (Å²) in [7, 11) is 4.52. The second kappa shape index (κ2) is 6.41. The molecule has 17 heavy (non-hydrogen) atoms. The molecule has 1 aromatic carbocycles. The van der Waals surface area contributed by atoms with Crippen molar-refractivity contribution < 1.29 is 4.48 Å². The van der Waals surface area contributed by atoms with E-state index >= 15 is 0 Å². The molecule has 0 radical (unpaired) electrons. The van der Waals surface area contributed by atoms with E-state index in [9.17, 15) is 0 Å². The molecule has 0 aliphatic carbocycles. The van der Waals surface area contributed by atoms with E-state index in [1.165, 1.54) is 17.6 Å². The largest absolute Gasteiger partial charge is 0.325 e. The highest BCUT2D eigenvalue weighted by Crippen LogP contribution is 2.16. The second-order valence-corrected chi connectivity index (χ2v) is 5.22. The zero-order chi connectivity index (χ0) is 12.7. The van der Waals surface area contributed by atoms with Gasteiger partial charge in [-0.3, -0.25) is 0 Å². The van der Waals surface area contributed by atoms with Gasteiger partial charge in [-0.05, 0) is 18.4 Å². The minimum Gasteiger partial charge on any atom is -0.325 e. The first-order valence-electron chi connectivity index (χ1n) is 6.21. The normalized spacial score (nSPS) is 11.2. The van der Waals surface area contributed by atoms with Crippen molar-refractivity contribution in [1.29, 1.82) is 0 Å². The fourth-order valence-corrected chi connectivity index (χ4v) is 2.02. The fourth-order valence-electron chi connectivity index (χ4n) is 2.02. The molecule has 0 saturated heterocycles. The van der Waals surface area contributed by atoms with E-state index in [2.05, 4.69) is 51.5 Å². The monoisotopic (exact) mass is 230 g/mol. The zero-order valence-corrected chi connectivity index (χ0v) is 11.2. The first kappa shape index (κ1) is 13.7. The van der Waals surface area contributed by atoms with Gasteiger partial charge in [-0.2, -0.15) is 0 Å². The highest BCUT2D eigenvalue weighted by Gasteiger charge is 2.16. The first-order chi connectivity index (χ1) is 8.05. The summed E-state index contributed by atoms with van der Waals surface area (Å²) in [5.74, 6) is 0. The van der Waals surface area contributed by atoms with Crippen LogP contribution in [0.3, 0.4) is 0 Å². The van der Waals surface area contributed by atoms with Crippen LogP contribution >= 0.6 is 0 Å². The lowest BCUT2D eigenvalue weighted by Crippen LogP contribution is -2.41. The number of rotatable bonds is 7. The number of quaternary nitrogens is 1. The molecule has 0 saturated carbocycles. The quantitative estimate of drug-likeness (QED) is 0.380. The third kappa shape index (κ3) is 5.01. The average molecular weight is 230 g/mol. The average Bonchev–Trinajstić information content (AvgIpc) is 2.30. The van der Waals surface area contributed by atoms with E-state index < -0.39 is 0 Å². The molecule has 1 nitrogen and oxygen atoms in total. The molecule has 0 spiro atoms. The Morgan fingerprint density at radius 1 is 1.24 bits per heavy atom. The first-order valence-corrected chi connectivity index (χ1v) is 6.21. The van der Waals surface area contributed by atoms with E-state index in [0.717, 1.165) is 24.0 Å². The van der Waals surface area contributed by atoms with Crippen LogP contribution in [0.2, 0.25) is 0 Å². The summed E-state index contributed by atoms with van der Waals surface area (Å²) in [6.07, 6.45) is 4.28. The van der Waals surface area contributed by atoms with Gasteiger partial charge in [-0.1, -0.05) is 43.0 Å². The fraction of sp³-hybridized carbons (Fsp3) is 0.375. The van der Waals surface area contributed by atoms with Crippen LogP contribution in [0.15, 0.2) is 49.6 Å². The third-order valence-electron chi connectivity index (χ3n) is 2.97. The van der Waals surface area contributed by atoms with E-state index in [-0.39, 0.29) is 0 Å². The molecule has 0 N–H and O–H groups in total. The van der Waals surface area contributed by atoms with Gasteiger partial charge in [0.05, 0.1) is 20.6 Å². The van der Waals surface area contributed by atoms with Gasteiger partial charge in [0.25, 0.3) is 0 Å². The van der Waals surface area contributed by atoms with Crippen LogP contribution in [0.4, 0.5) is 0 Å². The summed E-state index contributed by atoms with van der Waals surface area (Å²) in [6, 6.07) is 10.4. The van der Waals surface area contributed by atoms with Crippen molar-refractivity contribution in [3.8, 4) is 0 Å². The highest BCUT2D eigenvalue weighted by atomic mass is 15.3. The smallest absolute Gasteiger partial charge is 0.104 e. The van der Waals surface area contributed by atoms with Crippen LogP contribution in [0.5, 0.6) is 0 Å². The molecule has 1 rings (SSSR count). The van der Waals surface area contributed by atoms with E-state index in [1.807, 2.05) is 12.1 Å². The number of hydrogen-bond acceptors (Lipinski definition) is 0. The molecule has 0 aromatic heterocycles. The van der Waals surface area contributed by atoms with Gasteiger partial charge in [-0.15, -0.1) is 6.58 Å². The summed E-state index contributed by atoms with van der Waals surface area (Å²) in [5.41, 5.74) is 2.47. The molecule has 0 fully saturated rings. The molecular weight excluding hydrogens is 206 g/mol. The molecule has 0 unspecified atom stereocenters. The van der Waals surface area contributed by atoms with Gasteiger partial charge >= 0.3 is 0 Å². The van der Waals surface area contributed by atoms with E-state index in [0.29, 0.717) is 0 Å². The SMILES string of the molecule is C=CCCC[N+](C)(C)CC(=C)c1ccccc1. The van der Waals surface area contributed by atoms with Gasteiger partial charge in [0.1, 0.15) is 6.54 Å². The third-order valence-corrected chi connectivity index (χ3v) is 2.97. The summed E-state index contributed by atoms with van der Waals surface area (Å²) in [6.45, 7) is 10.1.